The number of nitrogens with zero attached hydrogens (tertiary/aromatic N) is 3. The highest BCUT2D eigenvalue weighted by molar-refractivity contribution is 6.31. The molecule has 0 radical (unpaired) electrons. The molecule has 7 heteroatoms. The molecular formula is C17H12ClF2N3O. The molecule has 1 aliphatic rings. The number of ether oxygens (including phenoxy) is 1. The van der Waals surface area contributed by atoms with E-state index in [1.165, 1.54) is 24.8 Å². The van der Waals surface area contributed by atoms with Crippen molar-refractivity contribution in [2.24, 2.45) is 0 Å². The molecule has 0 bridgehead atoms. The van der Waals surface area contributed by atoms with Crippen LogP contribution in [0.5, 0.6) is 0 Å². The lowest BCUT2D eigenvalue weighted by Crippen LogP contribution is -2.21. The summed E-state index contributed by atoms with van der Waals surface area (Å²) in [6.07, 6.45) is 2.46. The summed E-state index contributed by atoms with van der Waals surface area (Å²) in [6, 6.07) is 10.7. The molecule has 0 N–H and O–H groups in total. The zero-order valence-electron chi connectivity index (χ0n) is 12.4. The third-order valence-corrected chi connectivity index (χ3v) is 4.48. The van der Waals surface area contributed by atoms with Crippen LogP contribution in [0.4, 0.5) is 8.78 Å². The summed E-state index contributed by atoms with van der Waals surface area (Å²) in [6.45, 7) is 0.242. The maximum absolute atomic E-state index is 14.4. The molecule has 4 nitrogen and oxygen atoms in total. The van der Waals surface area contributed by atoms with Crippen molar-refractivity contribution in [3.05, 3.63) is 82.9 Å². The van der Waals surface area contributed by atoms with E-state index >= 15 is 0 Å². The second-order valence-electron chi connectivity index (χ2n) is 5.63. The Morgan fingerprint density at radius 3 is 2.75 bits per heavy atom. The predicted octanol–water partition coefficient (Wildman–Crippen LogP) is 3.88. The van der Waals surface area contributed by atoms with Crippen molar-refractivity contribution in [1.82, 2.24) is 14.8 Å². The van der Waals surface area contributed by atoms with E-state index in [9.17, 15) is 8.78 Å². The average molecular weight is 348 g/mol. The van der Waals surface area contributed by atoms with Gasteiger partial charge in [0.25, 0.3) is 0 Å². The maximum Gasteiger partial charge on any atom is 0.147 e. The maximum atomic E-state index is 14.4. The van der Waals surface area contributed by atoms with Gasteiger partial charge in [-0.15, -0.1) is 0 Å². The number of rotatable bonds is 4. The fourth-order valence-corrected chi connectivity index (χ4v) is 3.21. The molecule has 2 aromatic carbocycles. The molecule has 0 aliphatic carbocycles. The Morgan fingerprint density at radius 1 is 1.21 bits per heavy atom. The van der Waals surface area contributed by atoms with E-state index in [0.717, 1.165) is 11.6 Å². The highest BCUT2D eigenvalue weighted by atomic mass is 35.5. The van der Waals surface area contributed by atoms with E-state index in [1.54, 1.807) is 10.7 Å². The second kappa shape index (κ2) is 5.65. The Balaban J connectivity index is 1.79. The zero-order valence-corrected chi connectivity index (χ0v) is 13.1. The Kier molecular flexibility index (Phi) is 3.58. The lowest BCUT2D eigenvalue weighted by Gasteiger charge is -2.15. The fourth-order valence-electron chi connectivity index (χ4n) is 2.98. The van der Waals surface area contributed by atoms with Gasteiger partial charge < -0.3 is 4.74 Å². The molecule has 0 saturated carbocycles. The van der Waals surface area contributed by atoms with Crippen molar-refractivity contribution in [3.63, 3.8) is 0 Å². The van der Waals surface area contributed by atoms with E-state index in [4.69, 9.17) is 16.3 Å². The minimum Gasteiger partial charge on any atom is -0.354 e. The van der Waals surface area contributed by atoms with Crippen molar-refractivity contribution in [3.8, 4) is 0 Å². The monoisotopic (exact) mass is 347 g/mol. The molecule has 2 atom stereocenters. The van der Waals surface area contributed by atoms with Gasteiger partial charge in [-0.1, -0.05) is 35.9 Å². The molecule has 2 heterocycles. The van der Waals surface area contributed by atoms with Crippen LogP contribution in [0.1, 0.15) is 17.2 Å². The van der Waals surface area contributed by atoms with Crippen molar-refractivity contribution >= 4 is 11.6 Å². The molecule has 1 saturated heterocycles. The number of aromatic nitrogens is 3. The minimum atomic E-state index is -1.00. The van der Waals surface area contributed by atoms with Crippen LogP contribution in [0, 0.1) is 11.6 Å². The van der Waals surface area contributed by atoms with Gasteiger partial charge in [0.05, 0.1) is 6.54 Å². The molecule has 1 aliphatic heterocycles. The van der Waals surface area contributed by atoms with Gasteiger partial charge >= 0.3 is 0 Å². The normalized spacial score (nSPS) is 22.5. The van der Waals surface area contributed by atoms with E-state index in [0.29, 0.717) is 5.02 Å². The fraction of sp³-hybridized carbons (Fsp3) is 0.176. The standard InChI is InChI=1S/C17H12ClF2N3O/c18-14-4-2-1-3-12(14)16-17(24-16,8-23-10-21-9-22-23)13-6-5-11(19)7-15(13)20/h1-7,9-10,16H,8H2/t16?,17-/m1/s1. The van der Waals surface area contributed by atoms with E-state index in [1.807, 2.05) is 18.2 Å². The average Bonchev–Trinajstić information content (AvgIpc) is 3.01. The molecule has 0 spiro atoms. The first-order valence-corrected chi connectivity index (χ1v) is 7.68. The summed E-state index contributed by atoms with van der Waals surface area (Å²) in [5.74, 6) is -1.30. The molecule has 1 aromatic heterocycles. The van der Waals surface area contributed by atoms with Crippen molar-refractivity contribution in [1.29, 1.82) is 0 Å². The van der Waals surface area contributed by atoms with Crippen LogP contribution in [0.15, 0.2) is 55.1 Å². The van der Waals surface area contributed by atoms with E-state index in [2.05, 4.69) is 10.1 Å². The summed E-state index contributed by atoms with van der Waals surface area (Å²) in [7, 11) is 0. The van der Waals surface area contributed by atoms with Crippen LogP contribution < -0.4 is 0 Å². The number of benzene rings is 2. The van der Waals surface area contributed by atoms with Gasteiger partial charge in [-0.05, 0) is 12.1 Å². The highest BCUT2D eigenvalue weighted by Crippen LogP contribution is 2.59. The van der Waals surface area contributed by atoms with Gasteiger partial charge in [0, 0.05) is 22.2 Å². The zero-order chi connectivity index (χ0) is 16.7. The van der Waals surface area contributed by atoms with Crippen molar-refractivity contribution < 1.29 is 13.5 Å². The summed E-state index contributed by atoms with van der Waals surface area (Å²) < 4.78 is 35.2. The Bertz CT molecular complexity index is 887. The van der Waals surface area contributed by atoms with Gasteiger partial charge in [-0.2, -0.15) is 5.10 Å². The van der Waals surface area contributed by atoms with Crippen molar-refractivity contribution in [2.75, 3.05) is 0 Å². The summed E-state index contributed by atoms with van der Waals surface area (Å²) in [4.78, 5) is 3.90. The summed E-state index contributed by atoms with van der Waals surface area (Å²) >= 11 is 6.25. The van der Waals surface area contributed by atoms with Crippen LogP contribution in [-0.4, -0.2) is 14.8 Å². The molecule has 4 rings (SSSR count). The SMILES string of the molecule is Fc1ccc([C@@]2(Cn3cncn3)OC2c2ccccc2Cl)c(F)c1. The summed E-state index contributed by atoms with van der Waals surface area (Å²) in [5.41, 5.74) is 0.0172. The van der Waals surface area contributed by atoms with Crippen LogP contribution in [-0.2, 0) is 16.9 Å². The Labute approximate surface area is 141 Å². The smallest absolute Gasteiger partial charge is 0.147 e. The quantitative estimate of drug-likeness (QED) is 0.673. The first kappa shape index (κ1) is 15.2. The Morgan fingerprint density at radius 2 is 2.04 bits per heavy atom. The number of halogens is 3. The lowest BCUT2D eigenvalue weighted by atomic mass is 9.91. The molecule has 24 heavy (non-hydrogen) atoms. The third-order valence-electron chi connectivity index (χ3n) is 4.13. The molecular weight excluding hydrogens is 336 g/mol. The van der Waals surface area contributed by atoms with Gasteiger partial charge in [-0.25, -0.2) is 18.4 Å². The number of hydrogen-bond donors (Lipinski definition) is 0. The predicted molar refractivity (Wildman–Crippen MR) is 83.3 cm³/mol. The molecule has 1 unspecified atom stereocenters. The van der Waals surface area contributed by atoms with Gasteiger partial charge in [0.1, 0.15) is 36.0 Å². The molecule has 122 valence electrons. The van der Waals surface area contributed by atoms with Crippen LogP contribution in [0.2, 0.25) is 5.02 Å². The Hall–Kier alpha value is -2.31. The molecule has 0 amide bonds. The lowest BCUT2D eigenvalue weighted by molar-refractivity contribution is 0.256. The van der Waals surface area contributed by atoms with E-state index in [-0.39, 0.29) is 12.1 Å². The van der Waals surface area contributed by atoms with Crippen LogP contribution in [0.25, 0.3) is 0 Å². The van der Waals surface area contributed by atoms with Crippen molar-refractivity contribution in [2.45, 2.75) is 18.2 Å². The molecule has 3 aromatic rings. The van der Waals surface area contributed by atoms with Gasteiger partial charge in [0.2, 0.25) is 0 Å². The van der Waals surface area contributed by atoms with Gasteiger partial charge in [-0.3, -0.25) is 0 Å². The topological polar surface area (TPSA) is 43.2 Å². The number of hydrogen-bond acceptors (Lipinski definition) is 3. The number of epoxide rings is 1. The minimum absolute atomic E-state index is 0.242. The van der Waals surface area contributed by atoms with Gasteiger partial charge in [0.15, 0.2) is 0 Å². The summed E-state index contributed by atoms with van der Waals surface area (Å²) in [5, 5.41) is 4.59. The first-order chi connectivity index (χ1) is 11.6. The van der Waals surface area contributed by atoms with E-state index < -0.39 is 23.3 Å². The molecule has 1 fully saturated rings. The van der Waals surface area contributed by atoms with Crippen LogP contribution >= 0.6 is 11.6 Å². The highest BCUT2D eigenvalue weighted by Gasteiger charge is 2.60. The second-order valence-corrected chi connectivity index (χ2v) is 6.03. The third kappa shape index (κ3) is 2.48. The van der Waals surface area contributed by atoms with Crippen LogP contribution in [0.3, 0.4) is 0 Å². The first-order valence-electron chi connectivity index (χ1n) is 7.30. The largest absolute Gasteiger partial charge is 0.354 e.